The molecule has 4 atom stereocenters. The van der Waals surface area contributed by atoms with Crippen LogP contribution in [-0.2, 0) is 0 Å². The van der Waals surface area contributed by atoms with Crippen LogP contribution in [0.15, 0.2) is 24.3 Å². The van der Waals surface area contributed by atoms with E-state index in [-0.39, 0.29) is 10.6 Å². The van der Waals surface area contributed by atoms with E-state index in [1.807, 2.05) is 12.1 Å². The number of anilines is 1. The van der Waals surface area contributed by atoms with Gasteiger partial charge >= 0.3 is 0 Å². The van der Waals surface area contributed by atoms with Crippen LogP contribution in [0.3, 0.4) is 0 Å². The van der Waals surface area contributed by atoms with E-state index in [1.165, 1.54) is 25.7 Å². The number of non-ortho nitro benzene ring substituents is 1. The zero-order valence-electron chi connectivity index (χ0n) is 11.2. The van der Waals surface area contributed by atoms with E-state index in [4.69, 9.17) is 0 Å². The second-order valence-corrected chi connectivity index (χ2v) is 6.08. The zero-order chi connectivity index (χ0) is 13.4. The third-order valence-electron chi connectivity index (χ3n) is 4.91. The van der Waals surface area contributed by atoms with Gasteiger partial charge in [0.25, 0.3) is 5.69 Å². The van der Waals surface area contributed by atoms with Crippen molar-refractivity contribution in [2.24, 2.45) is 17.8 Å². The van der Waals surface area contributed by atoms with Gasteiger partial charge in [0.05, 0.1) is 4.92 Å². The Morgan fingerprint density at radius 2 is 2.00 bits per heavy atom. The first-order chi connectivity index (χ1) is 9.13. The molecule has 2 bridgehead atoms. The van der Waals surface area contributed by atoms with Crippen LogP contribution in [0, 0.1) is 27.9 Å². The summed E-state index contributed by atoms with van der Waals surface area (Å²) < 4.78 is 0. The highest BCUT2D eigenvalue weighted by Crippen LogP contribution is 2.49. The lowest BCUT2D eigenvalue weighted by atomic mass is 9.84. The molecule has 1 aromatic rings. The third kappa shape index (κ3) is 2.44. The van der Waals surface area contributed by atoms with Gasteiger partial charge in [0, 0.05) is 23.9 Å². The van der Waals surface area contributed by atoms with Crippen molar-refractivity contribution in [3.05, 3.63) is 34.4 Å². The summed E-state index contributed by atoms with van der Waals surface area (Å²) in [4.78, 5) is 10.3. The molecule has 2 saturated carbocycles. The Labute approximate surface area is 113 Å². The number of rotatable bonds is 4. The molecule has 2 aliphatic rings. The van der Waals surface area contributed by atoms with Crippen molar-refractivity contribution >= 4 is 11.4 Å². The molecule has 0 spiro atoms. The van der Waals surface area contributed by atoms with Crippen molar-refractivity contribution in [2.45, 2.75) is 38.6 Å². The Morgan fingerprint density at radius 1 is 1.26 bits per heavy atom. The molecule has 1 aromatic carbocycles. The summed E-state index contributed by atoms with van der Waals surface area (Å²) in [7, 11) is 0. The fourth-order valence-corrected chi connectivity index (χ4v) is 3.96. The number of hydrogen-bond acceptors (Lipinski definition) is 3. The van der Waals surface area contributed by atoms with E-state index < -0.39 is 0 Å². The van der Waals surface area contributed by atoms with Gasteiger partial charge in [-0.3, -0.25) is 10.1 Å². The smallest absolute Gasteiger partial charge is 0.269 e. The predicted molar refractivity (Wildman–Crippen MR) is 75.1 cm³/mol. The minimum atomic E-state index is -0.358. The normalized spacial score (nSPS) is 30.3. The van der Waals surface area contributed by atoms with E-state index in [1.54, 1.807) is 12.1 Å². The number of nitrogens with zero attached hydrogens (tertiary/aromatic N) is 1. The molecule has 0 amide bonds. The standard InChI is InChI=1S/C15H20N2O2/c1-10(15-9-11-2-3-12(15)8-11)16-13-4-6-14(7-5-13)17(18)19/h4-7,10-12,15-16H,2-3,8-9H2,1H3. The van der Waals surface area contributed by atoms with Gasteiger partial charge in [-0.2, -0.15) is 0 Å². The fraction of sp³-hybridized carbons (Fsp3) is 0.600. The number of nitro groups is 1. The second kappa shape index (κ2) is 4.83. The molecule has 4 nitrogen and oxygen atoms in total. The van der Waals surface area contributed by atoms with Crippen molar-refractivity contribution in [2.75, 3.05) is 5.32 Å². The molecule has 0 aromatic heterocycles. The zero-order valence-corrected chi connectivity index (χ0v) is 11.2. The van der Waals surface area contributed by atoms with E-state index in [9.17, 15) is 10.1 Å². The second-order valence-electron chi connectivity index (χ2n) is 6.08. The molecule has 19 heavy (non-hydrogen) atoms. The minimum absolute atomic E-state index is 0.151. The maximum absolute atomic E-state index is 10.6. The summed E-state index contributed by atoms with van der Waals surface area (Å²) in [6.07, 6.45) is 5.58. The summed E-state index contributed by atoms with van der Waals surface area (Å²) in [5, 5.41) is 14.1. The van der Waals surface area contributed by atoms with Gasteiger partial charge in [-0.25, -0.2) is 0 Å². The Hall–Kier alpha value is -1.58. The highest BCUT2D eigenvalue weighted by atomic mass is 16.6. The van der Waals surface area contributed by atoms with Crippen molar-refractivity contribution in [3.63, 3.8) is 0 Å². The molecular weight excluding hydrogens is 240 g/mol. The van der Waals surface area contributed by atoms with Gasteiger partial charge in [-0.1, -0.05) is 6.42 Å². The van der Waals surface area contributed by atoms with E-state index in [0.717, 1.165) is 23.4 Å². The maximum Gasteiger partial charge on any atom is 0.269 e. The molecule has 2 fully saturated rings. The number of benzene rings is 1. The van der Waals surface area contributed by atoms with Crippen LogP contribution in [0.5, 0.6) is 0 Å². The lowest BCUT2D eigenvalue weighted by Gasteiger charge is -2.29. The first-order valence-electron chi connectivity index (χ1n) is 7.14. The first-order valence-corrected chi connectivity index (χ1v) is 7.14. The van der Waals surface area contributed by atoms with Crippen LogP contribution in [0.25, 0.3) is 0 Å². The summed E-state index contributed by atoms with van der Waals surface area (Å²) in [5.74, 6) is 2.62. The molecule has 4 unspecified atom stereocenters. The topological polar surface area (TPSA) is 55.2 Å². The monoisotopic (exact) mass is 260 g/mol. The number of nitrogens with one attached hydrogen (secondary N) is 1. The van der Waals surface area contributed by atoms with E-state index in [0.29, 0.717) is 6.04 Å². The van der Waals surface area contributed by atoms with Crippen LogP contribution in [-0.4, -0.2) is 11.0 Å². The minimum Gasteiger partial charge on any atom is -0.382 e. The summed E-state index contributed by atoms with van der Waals surface area (Å²) in [6, 6.07) is 7.20. The predicted octanol–water partition coefficient (Wildman–Crippen LogP) is 3.83. The number of fused-ring (bicyclic) bond motifs is 2. The van der Waals surface area contributed by atoms with Gasteiger partial charge in [0.2, 0.25) is 0 Å². The molecule has 0 aliphatic heterocycles. The number of hydrogen-bond donors (Lipinski definition) is 1. The van der Waals surface area contributed by atoms with E-state index >= 15 is 0 Å². The van der Waals surface area contributed by atoms with Crippen molar-refractivity contribution < 1.29 is 4.92 Å². The Morgan fingerprint density at radius 3 is 2.53 bits per heavy atom. The van der Waals surface area contributed by atoms with Gasteiger partial charge in [0.1, 0.15) is 0 Å². The van der Waals surface area contributed by atoms with Gasteiger partial charge < -0.3 is 5.32 Å². The lowest BCUT2D eigenvalue weighted by molar-refractivity contribution is -0.384. The average Bonchev–Trinajstić information content (AvgIpc) is 3.01. The maximum atomic E-state index is 10.6. The average molecular weight is 260 g/mol. The first kappa shape index (κ1) is 12.5. The Balaban J connectivity index is 1.63. The quantitative estimate of drug-likeness (QED) is 0.661. The molecule has 1 N–H and O–H groups in total. The van der Waals surface area contributed by atoms with Crippen LogP contribution in [0.4, 0.5) is 11.4 Å². The van der Waals surface area contributed by atoms with Gasteiger partial charge in [-0.05, 0) is 56.1 Å². The Bertz CT molecular complexity index is 472. The fourth-order valence-electron chi connectivity index (χ4n) is 3.96. The molecular formula is C15H20N2O2. The number of nitro benzene ring substituents is 1. The lowest BCUT2D eigenvalue weighted by Crippen LogP contribution is -2.29. The van der Waals surface area contributed by atoms with Crippen molar-refractivity contribution in [1.82, 2.24) is 0 Å². The highest BCUT2D eigenvalue weighted by Gasteiger charge is 2.41. The highest BCUT2D eigenvalue weighted by molar-refractivity contribution is 5.49. The van der Waals surface area contributed by atoms with E-state index in [2.05, 4.69) is 12.2 Å². The van der Waals surface area contributed by atoms with Gasteiger partial charge in [0.15, 0.2) is 0 Å². The molecule has 3 rings (SSSR count). The molecule has 0 heterocycles. The van der Waals surface area contributed by atoms with Crippen LogP contribution in [0.2, 0.25) is 0 Å². The Kier molecular flexibility index (Phi) is 3.17. The van der Waals surface area contributed by atoms with Crippen molar-refractivity contribution in [1.29, 1.82) is 0 Å². The van der Waals surface area contributed by atoms with Gasteiger partial charge in [-0.15, -0.1) is 0 Å². The largest absolute Gasteiger partial charge is 0.382 e. The molecule has 0 radical (unpaired) electrons. The summed E-state index contributed by atoms with van der Waals surface area (Å²) in [5.41, 5.74) is 1.14. The molecule has 4 heteroatoms. The van der Waals surface area contributed by atoms with Crippen molar-refractivity contribution in [3.8, 4) is 0 Å². The summed E-state index contributed by atoms with van der Waals surface area (Å²) in [6.45, 7) is 2.24. The molecule has 2 aliphatic carbocycles. The van der Waals surface area contributed by atoms with Crippen LogP contribution in [0.1, 0.15) is 32.6 Å². The molecule has 0 saturated heterocycles. The third-order valence-corrected chi connectivity index (χ3v) is 4.91. The SMILES string of the molecule is CC(Nc1ccc([N+](=O)[O-])cc1)C1CC2CCC1C2. The van der Waals surface area contributed by atoms with Crippen LogP contribution < -0.4 is 5.32 Å². The van der Waals surface area contributed by atoms with Crippen LogP contribution >= 0.6 is 0 Å². The molecule has 102 valence electrons. The summed E-state index contributed by atoms with van der Waals surface area (Å²) >= 11 is 0.